The number of benzene rings is 1. The maximum atomic E-state index is 10.4. The molecular weight excluding hydrogens is 214 g/mol. The molecule has 16 heavy (non-hydrogen) atoms. The Kier molecular flexibility index (Phi) is 4.14. The van der Waals surface area contributed by atoms with Crippen molar-refractivity contribution in [2.24, 2.45) is 5.16 Å². The molecule has 0 aliphatic carbocycles. The monoisotopic (exact) mass is 225 g/mol. The highest BCUT2D eigenvalue weighted by atomic mass is 16.5. The molecule has 0 saturated heterocycles. The minimum Gasteiger partial charge on any atom is -0.493 e. The van der Waals surface area contributed by atoms with Crippen LogP contribution in [0.1, 0.15) is 5.56 Å². The number of carboxylic acid groups (broad SMARTS) is 1. The van der Waals surface area contributed by atoms with Crippen LogP contribution in [0.5, 0.6) is 11.5 Å². The average molecular weight is 225 g/mol. The molecule has 2 N–H and O–H groups in total. The van der Waals surface area contributed by atoms with Crippen LogP contribution >= 0.6 is 0 Å². The van der Waals surface area contributed by atoms with Gasteiger partial charge in [0.15, 0.2) is 18.1 Å². The Morgan fingerprint density at radius 2 is 2.31 bits per heavy atom. The van der Waals surface area contributed by atoms with Crippen molar-refractivity contribution in [2.75, 3.05) is 13.7 Å². The van der Waals surface area contributed by atoms with Gasteiger partial charge in [-0.25, -0.2) is 4.79 Å². The van der Waals surface area contributed by atoms with Crippen LogP contribution in [0.15, 0.2) is 23.4 Å². The molecule has 0 spiro atoms. The Hall–Kier alpha value is -2.24. The van der Waals surface area contributed by atoms with Gasteiger partial charge in [-0.05, 0) is 12.1 Å². The number of ether oxygens (including phenoxy) is 2. The molecule has 0 fully saturated rings. The summed E-state index contributed by atoms with van der Waals surface area (Å²) in [6.07, 6.45) is 1.14. The van der Waals surface area contributed by atoms with Crippen LogP contribution in [0.4, 0.5) is 0 Å². The molecule has 0 atom stereocenters. The molecule has 1 rings (SSSR count). The van der Waals surface area contributed by atoms with Gasteiger partial charge in [0.1, 0.15) is 0 Å². The lowest BCUT2D eigenvalue weighted by atomic mass is 10.2. The standard InChI is InChI=1S/C10H11NO5/c1-15-8-4-2-3-7(5-11-14)10(8)16-6-9(12)13/h2-5,14H,6H2,1H3,(H,12,13). The lowest BCUT2D eigenvalue weighted by Crippen LogP contribution is -2.11. The molecule has 0 aromatic heterocycles. The molecule has 0 heterocycles. The Bertz CT molecular complexity index is 402. The van der Waals surface area contributed by atoms with Crippen LogP contribution in [0.25, 0.3) is 0 Å². The molecule has 86 valence electrons. The third kappa shape index (κ3) is 2.88. The number of hydrogen-bond donors (Lipinski definition) is 2. The first-order valence-electron chi connectivity index (χ1n) is 4.38. The second-order valence-corrected chi connectivity index (χ2v) is 2.81. The zero-order valence-electron chi connectivity index (χ0n) is 8.58. The summed E-state index contributed by atoms with van der Waals surface area (Å²) in [6.45, 7) is -0.493. The third-order valence-electron chi connectivity index (χ3n) is 1.77. The summed E-state index contributed by atoms with van der Waals surface area (Å²) in [5.41, 5.74) is 0.433. The smallest absolute Gasteiger partial charge is 0.341 e. The van der Waals surface area contributed by atoms with E-state index < -0.39 is 12.6 Å². The topological polar surface area (TPSA) is 88.4 Å². The normalized spacial score (nSPS) is 10.3. The molecule has 6 heteroatoms. The fraction of sp³-hybridized carbons (Fsp3) is 0.200. The van der Waals surface area contributed by atoms with Crippen LogP contribution < -0.4 is 9.47 Å². The van der Waals surface area contributed by atoms with Crippen molar-refractivity contribution >= 4 is 12.2 Å². The lowest BCUT2D eigenvalue weighted by Gasteiger charge is -2.11. The zero-order valence-corrected chi connectivity index (χ0v) is 8.58. The summed E-state index contributed by atoms with van der Waals surface area (Å²) >= 11 is 0. The van der Waals surface area contributed by atoms with E-state index in [-0.39, 0.29) is 5.75 Å². The van der Waals surface area contributed by atoms with Gasteiger partial charge in [-0.3, -0.25) is 0 Å². The second-order valence-electron chi connectivity index (χ2n) is 2.81. The second kappa shape index (κ2) is 5.59. The average Bonchev–Trinajstić information content (AvgIpc) is 2.27. The number of rotatable bonds is 5. The lowest BCUT2D eigenvalue weighted by molar-refractivity contribution is -0.139. The number of carboxylic acids is 1. The number of nitrogens with zero attached hydrogens (tertiary/aromatic N) is 1. The number of carbonyl (C=O) groups is 1. The van der Waals surface area contributed by atoms with Crippen molar-refractivity contribution in [2.45, 2.75) is 0 Å². The summed E-state index contributed by atoms with van der Waals surface area (Å²) < 4.78 is 10.0. The van der Waals surface area contributed by atoms with Crippen molar-refractivity contribution in [3.05, 3.63) is 23.8 Å². The van der Waals surface area contributed by atoms with Gasteiger partial charge < -0.3 is 19.8 Å². The molecule has 0 aliphatic heterocycles. The highest BCUT2D eigenvalue weighted by Gasteiger charge is 2.10. The first kappa shape index (κ1) is 11.8. The van der Waals surface area contributed by atoms with E-state index in [2.05, 4.69) is 5.16 Å². The summed E-state index contributed by atoms with van der Waals surface area (Å²) in [6, 6.07) is 4.90. The quantitative estimate of drug-likeness (QED) is 0.442. The molecule has 0 amide bonds. The van der Waals surface area contributed by atoms with Gasteiger partial charge in [-0.2, -0.15) is 0 Å². The van der Waals surface area contributed by atoms with Crippen LogP contribution in [0, 0.1) is 0 Å². The Balaban J connectivity index is 3.03. The number of hydrogen-bond acceptors (Lipinski definition) is 5. The number of methoxy groups -OCH3 is 1. The highest BCUT2D eigenvalue weighted by molar-refractivity contribution is 5.85. The van der Waals surface area contributed by atoms with E-state index in [0.29, 0.717) is 11.3 Å². The molecule has 1 aromatic rings. The third-order valence-corrected chi connectivity index (χ3v) is 1.77. The number of oxime groups is 1. The van der Waals surface area contributed by atoms with E-state index >= 15 is 0 Å². The Morgan fingerprint density at radius 1 is 1.56 bits per heavy atom. The fourth-order valence-corrected chi connectivity index (χ4v) is 1.15. The minimum atomic E-state index is -1.10. The molecule has 0 bridgehead atoms. The van der Waals surface area contributed by atoms with Crippen LogP contribution in [-0.2, 0) is 4.79 Å². The van der Waals surface area contributed by atoms with Crippen LogP contribution in [-0.4, -0.2) is 36.2 Å². The summed E-state index contributed by atoms with van der Waals surface area (Å²) in [7, 11) is 1.43. The molecule has 0 aliphatic rings. The van der Waals surface area contributed by atoms with Crippen molar-refractivity contribution < 1.29 is 24.6 Å². The van der Waals surface area contributed by atoms with Gasteiger partial charge in [-0.1, -0.05) is 11.2 Å². The number of aliphatic carboxylic acids is 1. The molecule has 1 aromatic carbocycles. The molecule has 0 saturated carbocycles. The van der Waals surface area contributed by atoms with Gasteiger partial charge in [0.05, 0.1) is 13.3 Å². The van der Waals surface area contributed by atoms with Crippen LogP contribution in [0.3, 0.4) is 0 Å². The SMILES string of the molecule is COc1cccc(C=NO)c1OCC(=O)O. The molecule has 0 radical (unpaired) electrons. The van der Waals surface area contributed by atoms with E-state index in [9.17, 15) is 4.79 Å². The van der Waals surface area contributed by atoms with Gasteiger partial charge in [0, 0.05) is 5.56 Å². The summed E-state index contributed by atoms with van der Waals surface area (Å²) in [4.78, 5) is 10.4. The highest BCUT2D eigenvalue weighted by Crippen LogP contribution is 2.29. The first-order valence-corrected chi connectivity index (χ1v) is 4.38. The summed E-state index contributed by atoms with van der Waals surface area (Å²) in [5.74, 6) is -0.498. The minimum absolute atomic E-state index is 0.227. The van der Waals surface area contributed by atoms with Gasteiger partial charge in [0.2, 0.25) is 0 Å². The maximum Gasteiger partial charge on any atom is 0.341 e. The van der Waals surface area contributed by atoms with Crippen molar-refractivity contribution in [1.29, 1.82) is 0 Å². The first-order chi connectivity index (χ1) is 7.69. The van der Waals surface area contributed by atoms with E-state index in [0.717, 1.165) is 6.21 Å². The van der Waals surface area contributed by atoms with Gasteiger partial charge in [-0.15, -0.1) is 0 Å². The Morgan fingerprint density at radius 3 is 2.88 bits per heavy atom. The van der Waals surface area contributed by atoms with E-state index in [1.807, 2.05) is 0 Å². The largest absolute Gasteiger partial charge is 0.493 e. The van der Waals surface area contributed by atoms with Crippen molar-refractivity contribution in [3.8, 4) is 11.5 Å². The molecule has 6 nitrogen and oxygen atoms in total. The maximum absolute atomic E-state index is 10.4. The van der Waals surface area contributed by atoms with Gasteiger partial charge in [0.25, 0.3) is 0 Å². The fourth-order valence-electron chi connectivity index (χ4n) is 1.15. The van der Waals surface area contributed by atoms with Crippen molar-refractivity contribution in [1.82, 2.24) is 0 Å². The zero-order chi connectivity index (χ0) is 12.0. The predicted octanol–water partition coefficient (Wildman–Crippen LogP) is 0.967. The van der Waals surface area contributed by atoms with E-state index in [4.69, 9.17) is 19.8 Å². The van der Waals surface area contributed by atoms with Crippen LogP contribution in [0.2, 0.25) is 0 Å². The molecule has 0 unspecified atom stereocenters. The Labute approximate surface area is 91.7 Å². The summed E-state index contributed by atoms with van der Waals surface area (Å²) in [5, 5.41) is 19.8. The number of para-hydroxylation sites is 1. The van der Waals surface area contributed by atoms with Crippen molar-refractivity contribution in [3.63, 3.8) is 0 Å². The van der Waals surface area contributed by atoms with Gasteiger partial charge >= 0.3 is 5.97 Å². The van der Waals surface area contributed by atoms with E-state index in [1.54, 1.807) is 18.2 Å². The van der Waals surface area contributed by atoms with E-state index in [1.165, 1.54) is 7.11 Å². The predicted molar refractivity (Wildman–Crippen MR) is 55.5 cm³/mol. The molecular formula is C10H11NO5.